The molecule has 0 aliphatic heterocycles. The Morgan fingerprint density at radius 3 is 2.34 bits per heavy atom. The lowest BCUT2D eigenvalue weighted by atomic mass is 9.96. The van der Waals surface area contributed by atoms with Crippen LogP contribution in [0.2, 0.25) is 0 Å². The number of nitrogens with zero attached hydrogens (tertiary/aromatic N) is 3. The molecule has 3 nitrogen and oxygen atoms in total. The average molecular weight is 386 g/mol. The highest BCUT2D eigenvalue weighted by Gasteiger charge is 2.30. The quantitative estimate of drug-likeness (QED) is 0.481. The summed E-state index contributed by atoms with van der Waals surface area (Å²) in [6.45, 7) is 17.8. The van der Waals surface area contributed by atoms with E-state index < -0.39 is 0 Å². The molecule has 3 heteroatoms. The maximum Gasteiger partial charge on any atom is 0.0739 e. The molecule has 0 saturated carbocycles. The van der Waals surface area contributed by atoms with Gasteiger partial charge in [-0.2, -0.15) is 0 Å². The van der Waals surface area contributed by atoms with E-state index in [4.69, 9.17) is 0 Å². The van der Waals surface area contributed by atoms with Crippen molar-refractivity contribution in [1.82, 2.24) is 9.88 Å². The van der Waals surface area contributed by atoms with Gasteiger partial charge in [-0.1, -0.05) is 43.0 Å². The van der Waals surface area contributed by atoms with E-state index in [-0.39, 0.29) is 5.54 Å². The fraction of sp³-hybridized carbons (Fsp3) is 0.269. The molecular formula is C26H31N3. The summed E-state index contributed by atoms with van der Waals surface area (Å²) in [5.41, 5.74) is 6.55. The fourth-order valence-corrected chi connectivity index (χ4v) is 3.63. The lowest BCUT2D eigenvalue weighted by Gasteiger charge is -2.43. The van der Waals surface area contributed by atoms with Gasteiger partial charge in [0, 0.05) is 36.6 Å². The number of aryl methyl sites for hydroxylation is 2. The highest BCUT2D eigenvalue weighted by Crippen LogP contribution is 2.31. The zero-order valence-electron chi connectivity index (χ0n) is 18.2. The Labute approximate surface area is 175 Å². The highest BCUT2D eigenvalue weighted by molar-refractivity contribution is 5.82. The van der Waals surface area contributed by atoms with Crippen LogP contribution in [0.1, 0.15) is 30.5 Å². The summed E-state index contributed by atoms with van der Waals surface area (Å²) in [5.74, 6) is 0. The molecule has 0 bridgehead atoms. The molecule has 150 valence electrons. The Hall–Kier alpha value is -3.07. The number of aromatic nitrogens is 1. The van der Waals surface area contributed by atoms with Gasteiger partial charge in [0.25, 0.3) is 0 Å². The van der Waals surface area contributed by atoms with Crippen LogP contribution in [0.15, 0.2) is 79.8 Å². The van der Waals surface area contributed by atoms with Crippen molar-refractivity contribution in [2.24, 2.45) is 0 Å². The van der Waals surface area contributed by atoms with Gasteiger partial charge in [-0.25, -0.2) is 0 Å². The van der Waals surface area contributed by atoms with E-state index in [0.717, 1.165) is 23.4 Å². The third-order valence-corrected chi connectivity index (χ3v) is 5.80. The van der Waals surface area contributed by atoms with Crippen molar-refractivity contribution in [3.8, 4) is 0 Å². The van der Waals surface area contributed by atoms with E-state index in [0.29, 0.717) is 0 Å². The van der Waals surface area contributed by atoms with Crippen LogP contribution in [-0.4, -0.2) is 22.5 Å². The van der Waals surface area contributed by atoms with E-state index in [9.17, 15) is 0 Å². The third-order valence-electron chi connectivity index (χ3n) is 5.80. The van der Waals surface area contributed by atoms with Crippen LogP contribution in [0.25, 0.3) is 10.9 Å². The molecule has 0 amide bonds. The molecule has 0 N–H and O–H groups in total. The highest BCUT2D eigenvalue weighted by atomic mass is 15.2. The predicted molar refractivity (Wildman–Crippen MR) is 125 cm³/mol. The van der Waals surface area contributed by atoms with Crippen LogP contribution in [0.3, 0.4) is 0 Å². The minimum atomic E-state index is -0.318. The Kier molecular flexibility index (Phi) is 5.78. The van der Waals surface area contributed by atoms with Gasteiger partial charge in [0.05, 0.1) is 11.1 Å². The number of hydrogen-bond acceptors (Lipinski definition) is 3. The Morgan fingerprint density at radius 2 is 1.69 bits per heavy atom. The molecule has 0 saturated heterocycles. The number of hydrogen-bond donors (Lipinski definition) is 0. The minimum absolute atomic E-state index is 0.318. The number of benzene rings is 2. The smallest absolute Gasteiger partial charge is 0.0739 e. The summed E-state index contributed by atoms with van der Waals surface area (Å²) in [6.07, 6.45) is 3.80. The van der Waals surface area contributed by atoms with Crippen LogP contribution >= 0.6 is 0 Å². The standard InChI is InChI=1S/C26H31N3/c1-8-29(18-22-15-16-27-25-17-20(3)11-14-24(22)25)26(5,6)21(4)28(7)23-12-9-19(2)10-13-23/h8-17H,1,4,18H2,2-3,5-7H3. The van der Waals surface area contributed by atoms with Gasteiger partial charge in [0.15, 0.2) is 0 Å². The van der Waals surface area contributed by atoms with Crippen LogP contribution in [0.5, 0.6) is 0 Å². The molecule has 3 aromatic rings. The van der Waals surface area contributed by atoms with E-state index in [2.05, 4.69) is 111 Å². The maximum atomic E-state index is 4.54. The molecule has 29 heavy (non-hydrogen) atoms. The van der Waals surface area contributed by atoms with Crippen LogP contribution in [0.4, 0.5) is 5.69 Å². The second-order valence-corrected chi connectivity index (χ2v) is 8.20. The summed E-state index contributed by atoms with van der Waals surface area (Å²) in [4.78, 5) is 8.94. The normalized spacial score (nSPS) is 11.3. The zero-order chi connectivity index (χ0) is 21.2. The van der Waals surface area contributed by atoms with Crippen molar-refractivity contribution in [3.63, 3.8) is 0 Å². The second kappa shape index (κ2) is 8.12. The molecular weight excluding hydrogens is 354 g/mol. The van der Waals surface area contributed by atoms with Crippen molar-refractivity contribution < 1.29 is 0 Å². The van der Waals surface area contributed by atoms with Gasteiger partial charge in [-0.15, -0.1) is 0 Å². The number of fused-ring (bicyclic) bond motifs is 1. The first-order chi connectivity index (χ1) is 13.7. The minimum Gasteiger partial charge on any atom is -0.363 e. The molecule has 1 aromatic heterocycles. The maximum absolute atomic E-state index is 4.54. The molecule has 0 radical (unpaired) electrons. The lowest BCUT2D eigenvalue weighted by molar-refractivity contribution is 0.214. The van der Waals surface area contributed by atoms with Gasteiger partial charge in [-0.05, 0) is 69.3 Å². The summed E-state index contributed by atoms with van der Waals surface area (Å²) >= 11 is 0. The number of likely N-dealkylation sites (N-methyl/N-ethyl adjacent to an activating group) is 1. The molecule has 0 fully saturated rings. The molecule has 3 rings (SSSR count). The summed E-state index contributed by atoms with van der Waals surface area (Å²) < 4.78 is 0. The topological polar surface area (TPSA) is 19.4 Å². The number of rotatable bonds is 7. The summed E-state index contributed by atoms with van der Waals surface area (Å²) in [5, 5.41) is 1.18. The first-order valence-corrected chi connectivity index (χ1v) is 9.97. The Bertz CT molecular complexity index is 1030. The third kappa shape index (κ3) is 4.19. The van der Waals surface area contributed by atoms with Crippen molar-refractivity contribution in [1.29, 1.82) is 0 Å². The van der Waals surface area contributed by atoms with Crippen LogP contribution < -0.4 is 4.90 Å². The first kappa shape index (κ1) is 20.7. The van der Waals surface area contributed by atoms with E-state index in [1.807, 2.05) is 12.4 Å². The Morgan fingerprint density at radius 1 is 1.03 bits per heavy atom. The van der Waals surface area contributed by atoms with E-state index >= 15 is 0 Å². The first-order valence-electron chi connectivity index (χ1n) is 9.97. The summed E-state index contributed by atoms with van der Waals surface area (Å²) in [6, 6.07) is 17.0. The SMILES string of the molecule is C=CN(Cc1ccnc2cc(C)ccc12)C(C)(C)C(=C)N(C)c1ccc(C)cc1. The van der Waals surface area contributed by atoms with Gasteiger partial charge in [-0.3, -0.25) is 4.98 Å². The number of pyridine rings is 1. The van der Waals surface area contributed by atoms with Crippen molar-refractivity contribution in [2.45, 2.75) is 39.8 Å². The lowest BCUT2D eigenvalue weighted by Crippen LogP contribution is -2.46. The van der Waals surface area contributed by atoms with Gasteiger partial charge in [0.1, 0.15) is 0 Å². The van der Waals surface area contributed by atoms with Gasteiger partial charge >= 0.3 is 0 Å². The number of anilines is 1. The van der Waals surface area contributed by atoms with Crippen molar-refractivity contribution >= 4 is 16.6 Å². The predicted octanol–water partition coefficient (Wildman–Crippen LogP) is 6.23. The second-order valence-electron chi connectivity index (χ2n) is 8.20. The fourth-order valence-electron chi connectivity index (χ4n) is 3.63. The largest absolute Gasteiger partial charge is 0.363 e. The molecule has 0 unspecified atom stereocenters. The van der Waals surface area contributed by atoms with Crippen LogP contribution in [-0.2, 0) is 6.54 Å². The van der Waals surface area contributed by atoms with E-state index in [1.54, 1.807) is 0 Å². The van der Waals surface area contributed by atoms with Crippen LogP contribution in [0, 0.1) is 13.8 Å². The molecule has 2 aromatic carbocycles. The van der Waals surface area contributed by atoms with E-state index in [1.165, 1.54) is 22.1 Å². The molecule has 0 aliphatic carbocycles. The molecule has 0 aliphatic rings. The Balaban J connectivity index is 1.89. The molecule has 0 spiro atoms. The van der Waals surface area contributed by atoms with Crippen molar-refractivity contribution in [2.75, 3.05) is 11.9 Å². The van der Waals surface area contributed by atoms with Gasteiger partial charge < -0.3 is 9.80 Å². The average Bonchev–Trinajstić information content (AvgIpc) is 2.71. The molecule has 1 heterocycles. The monoisotopic (exact) mass is 385 g/mol. The van der Waals surface area contributed by atoms with Gasteiger partial charge in [0.2, 0.25) is 0 Å². The summed E-state index contributed by atoms with van der Waals surface area (Å²) in [7, 11) is 2.07. The molecule has 0 atom stereocenters. The zero-order valence-corrected chi connectivity index (χ0v) is 18.2. The van der Waals surface area contributed by atoms with Crippen molar-refractivity contribution in [3.05, 3.63) is 96.5 Å².